The Labute approximate surface area is 237 Å². The summed E-state index contributed by atoms with van der Waals surface area (Å²) in [6.45, 7) is 19.9. The molecule has 0 spiro atoms. The molecule has 5 rings (SSSR count). The molecular weight excluding hydrogens is 496 g/mol. The van der Waals surface area contributed by atoms with E-state index in [1.807, 2.05) is 18.2 Å². The molecule has 2 aromatic carbocycles. The summed E-state index contributed by atoms with van der Waals surface area (Å²) in [5, 5.41) is 17.5. The SMILES string of the molecule is CC(C)(C)c1ccc(-c2nnc(-c3cc(-c4nnc(C5=CCC(C(C)(C)C)C=C5)o4)cc(C(C)(C)C)c3)o2)cc1. The summed E-state index contributed by atoms with van der Waals surface area (Å²) in [7, 11) is 0. The molecule has 2 heterocycles. The minimum atomic E-state index is -0.115. The molecule has 4 aromatic rings. The fraction of sp³-hybridized carbons (Fsp3) is 0.412. The predicted molar refractivity (Wildman–Crippen MR) is 161 cm³/mol. The molecule has 40 heavy (non-hydrogen) atoms. The van der Waals surface area contributed by atoms with Crippen molar-refractivity contribution in [2.24, 2.45) is 11.3 Å². The van der Waals surface area contributed by atoms with E-state index in [0.717, 1.165) is 34.2 Å². The zero-order chi connectivity index (χ0) is 28.9. The van der Waals surface area contributed by atoms with Gasteiger partial charge >= 0.3 is 0 Å². The minimum Gasteiger partial charge on any atom is -0.416 e. The highest BCUT2D eigenvalue weighted by molar-refractivity contribution is 5.71. The number of nitrogens with zero attached hydrogens (tertiary/aromatic N) is 4. The maximum Gasteiger partial charge on any atom is 0.248 e. The first-order valence-corrected chi connectivity index (χ1v) is 14.0. The van der Waals surface area contributed by atoms with Crippen molar-refractivity contribution in [3.8, 4) is 34.4 Å². The van der Waals surface area contributed by atoms with Crippen molar-refractivity contribution in [1.29, 1.82) is 0 Å². The Kier molecular flexibility index (Phi) is 6.93. The van der Waals surface area contributed by atoms with Crippen LogP contribution in [0, 0.1) is 11.3 Å². The number of hydrogen-bond acceptors (Lipinski definition) is 6. The first-order valence-electron chi connectivity index (χ1n) is 14.0. The van der Waals surface area contributed by atoms with Crippen LogP contribution in [0.1, 0.15) is 85.8 Å². The molecule has 6 nitrogen and oxygen atoms in total. The molecule has 0 saturated heterocycles. The highest BCUT2D eigenvalue weighted by Crippen LogP contribution is 2.37. The fourth-order valence-electron chi connectivity index (χ4n) is 4.75. The van der Waals surface area contributed by atoms with E-state index in [2.05, 4.69) is 125 Å². The molecule has 0 amide bonds. The fourth-order valence-corrected chi connectivity index (χ4v) is 4.75. The second kappa shape index (κ2) is 9.99. The average Bonchev–Trinajstić information content (AvgIpc) is 3.58. The van der Waals surface area contributed by atoms with Gasteiger partial charge in [0.15, 0.2) is 0 Å². The van der Waals surface area contributed by atoms with Crippen LogP contribution in [0.5, 0.6) is 0 Å². The molecule has 0 N–H and O–H groups in total. The quantitative estimate of drug-likeness (QED) is 0.259. The Morgan fingerprint density at radius 1 is 0.600 bits per heavy atom. The number of aromatic nitrogens is 4. The third-order valence-corrected chi connectivity index (χ3v) is 7.60. The van der Waals surface area contributed by atoms with Crippen LogP contribution in [-0.4, -0.2) is 20.4 Å². The molecule has 0 aliphatic heterocycles. The Morgan fingerprint density at radius 2 is 1.10 bits per heavy atom. The zero-order valence-corrected chi connectivity index (χ0v) is 25.2. The van der Waals surface area contributed by atoms with Crippen molar-refractivity contribution < 1.29 is 8.83 Å². The smallest absolute Gasteiger partial charge is 0.248 e. The Morgan fingerprint density at radius 3 is 1.57 bits per heavy atom. The van der Waals surface area contributed by atoms with Gasteiger partial charge in [-0.15, -0.1) is 20.4 Å². The summed E-state index contributed by atoms with van der Waals surface area (Å²) in [5.41, 5.74) is 6.04. The monoisotopic (exact) mass is 536 g/mol. The summed E-state index contributed by atoms with van der Waals surface area (Å²) < 4.78 is 12.4. The highest BCUT2D eigenvalue weighted by atomic mass is 16.4. The maximum absolute atomic E-state index is 6.19. The topological polar surface area (TPSA) is 77.8 Å². The molecule has 1 unspecified atom stereocenters. The van der Waals surface area contributed by atoms with Gasteiger partial charge in [0.1, 0.15) is 0 Å². The minimum absolute atomic E-state index is 0.0790. The predicted octanol–water partition coefficient (Wildman–Crippen LogP) is 9.05. The van der Waals surface area contributed by atoms with Crippen LogP contribution in [0.15, 0.2) is 69.5 Å². The molecule has 0 radical (unpaired) electrons. The van der Waals surface area contributed by atoms with Gasteiger partial charge in [0, 0.05) is 22.3 Å². The Bertz CT molecular complexity index is 1570. The lowest BCUT2D eigenvalue weighted by molar-refractivity contribution is 0.294. The average molecular weight is 537 g/mol. The van der Waals surface area contributed by atoms with Crippen LogP contribution in [0.3, 0.4) is 0 Å². The largest absolute Gasteiger partial charge is 0.416 e. The second-order valence-corrected chi connectivity index (χ2v) is 13.9. The van der Waals surface area contributed by atoms with Gasteiger partial charge in [0.2, 0.25) is 23.6 Å². The summed E-state index contributed by atoms with van der Waals surface area (Å²) >= 11 is 0. The van der Waals surface area contributed by atoms with Crippen molar-refractivity contribution in [1.82, 2.24) is 20.4 Å². The summed E-state index contributed by atoms with van der Waals surface area (Å²) in [5.74, 6) is 2.42. The lowest BCUT2D eigenvalue weighted by Gasteiger charge is -2.29. The van der Waals surface area contributed by atoms with Crippen LogP contribution in [0.4, 0.5) is 0 Å². The summed E-state index contributed by atoms with van der Waals surface area (Å²) in [6, 6.07) is 14.5. The van der Waals surface area contributed by atoms with Crippen molar-refractivity contribution in [2.75, 3.05) is 0 Å². The van der Waals surface area contributed by atoms with E-state index in [0.29, 0.717) is 29.5 Å². The third-order valence-electron chi connectivity index (χ3n) is 7.60. The maximum atomic E-state index is 6.19. The van der Waals surface area contributed by atoms with Gasteiger partial charge in [-0.25, -0.2) is 0 Å². The molecule has 0 bridgehead atoms. The second-order valence-electron chi connectivity index (χ2n) is 13.9. The van der Waals surface area contributed by atoms with Crippen LogP contribution in [0.2, 0.25) is 0 Å². The lowest BCUT2D eigenvalue weighted by Crippen LogP contribution is -2.19. The van der Waals surface area contributed by atoms with E-state index in [-0.39, 0.29) is 16.2 Å². The van der Waals surface area contributed by atoms with E-state index in [1.54, 1.807) is 0 Å². The molecule has 6 heteroatoms. The van der Waals surface area contributed by atoms with Crippen LogP contribution in [0.25, 0.3) is 39.9 Å². The van der Waals surface area contributed by atoms with Crippen LogP contribution < -0.4 is 0 Å². The van der Waals surface area contributed by atoms with Crippen molar-refractivity contribution in [2.45, 2.75) is 79.6 Å². The Hall–Kier alpha value is -3.80. The van der Waals surface area contributed by atoms with Crippen molar-refractivity contribution >= 4 is 5.57 Å². The number of allylic oxidation sites excluding steroid dienone is 4. The third kappa shape index (κ3) is 5.86. The van der Waals surface area contributed by atoms with E-state index >= 15 is 0 Å². The van der Waals surface area contributed by atoms with Crippen molar-refractivity contribution in [3.63, 3.8) is 0 Å². The molecule has 1 aliphatic rings. The van der Waals surface area contributed by atoms with E-state index in [4.69, 9.17) is 8.83 Å². The molecule has 0 saturated carbocycles. The van der Waals surface area contributed by atoms with E-state index in [1.165, 1.54) is 5.56 Å². The number of benzene rings is 2. The first-order chi connectivity index (χ1) is 18.7. The zero-order valence-electron chi connectivity index (χ0n) is 25.2. The van der Waals surface area contributed by atoms with Gasteiger partial charge in [-0.2, -0.15) is 0 Å². The van der Waals surface area contributed by atoms with E-state index < -0.39 is 0 Å². The van der Waals surface area contributed by atoms with Crippen molar-refractivity contribution in [3.05, 3.63) is 77.7 Å². The molecule has 0 fully saturated rings. The Balaban J connectivity index is 1.46. The highest BCUT2D eigenvalue weighted by Gasteiger charge is 2.25. The van der Waals surface area contributed by atoms with E-state index in [9.17, 15) is 0 Å². The van der Waals surface area contributed by atoms with Gasteiger partial charge in [-0.1, -0.05) is 92.7 Å². The van der Waals surface area contributed by atoms with Crippen LogP contribution in [-0.2, 0) is 10.8 Å². The molecule has 1 aliphatic carbocycles. The van der Waals surface area contributed by atoms with Crippen LogP contribution >= 0.6 is 0 Å². The molecule has 1 atom stereocenters. The number of hydrogen-bond donors (Lipinski definition) is 0. The number of rotatable bonds is 4. The van der Waals surface area contributed by atoms with Gasteiger partial charge in [0.25, 0.3) is 0 Å². The summed E-state index contributed by atoms with van der Waals surface area (Å²) in [4.78, 5) is 0. The summed E-state index contributed by atoms with van der Waals surface area (Å²) in [6.07, 6.45) is 7.50. The van der Waals surface area contributed by atoms with Gasteiger partial charge in [0.05, 0.1) is 0 Å². The molecular formula is C34H40N4O2. The van der Waals surface area contributed by atoms with Gasteiger partial charge in [-0.3, -0.25) is 0 Å². The standard InChI is InChI=1S/C34H40N4O2/c1-32(2,3)25-14-10-21(11-15-25)28-35-37-30(39-28)23-18-24(20-27(19-23)34(7,8)9)31-38-36-29(40-31)22-12-16-26(17-13-22)33(4,5)6/h10-16,18-20,26H,17H2,1-9H3. The molecule has 2 aromatic heterocycles. The molecule has 208 valence electrons. The first kappa shape index (κ1) is 27.8. The normalized spacial score (nSPS) is 16.3. The lowest BCUT2D eigenvalue weighted by atomic mass is 9.76. The van der Waals surface area contributed by atoms with Gasteiger partial charge in [-0.05, 0) is 70.0 Å². The van der Waals surface area contributed by atoms with Gasteiger partial charge < -0.3 is 8.83 Å².